The van der Waals surface area contributed by atoms with Gasteiger partial charge in [-0.1, -0.05) is 29.3 Å². The molecule has 100 valence electrons. The number of halogens is 5. The number of para-hydroxylation sites is 1. The third kappa shape index (κ3) is 3.68. The van der Waals surface area contributed by atoms with Crippen molar-refractivity contribution in [3.05, 3.63) is 28.2 Å². The fourth-order valence-corrected chi connectivity index (χ4v) is 1.65. The van der Waals surface area contributed by atoms with Crippen molar-refractivity contribution in [2.24, 2.45) is 11.7 Å². The van der Waals surface area contributed by atoms with E-state index in [9.17, 15) is 13.2 Å². The lowest BCUT2D eigenvalue weighted by Gasteiger charge is -2.20. The molecular formula is C10H9Cl2F3N2O. The minimum absolute atomic E-state index is 0.0590. The van der Waals surface area contributed by atoms with Crippen molar-refractivity contribution < 1.29 is 17.9 Å². The van der Waals surface area contributed by atoms with E-state index >= 15 is 0 Å². The standard InChI is InChI=1S/C10H9Cl2F3N2O/c11-6-2-1-3-7(12)8(6)18-4-5(9(16)17)10(13,14)15/h1-3,5H,4H2,(H3,16,17). The molecule has 1 atom stereocenters. The molecule has 0 aliphatic carbocycles. The molecule has 8 heteroatoms. The molecule has 1 aromatic carbocycles. The summed E-state index contributed by atoms with van der Waals surface area (Å²) in [5.41, 5.74) is 4.88. The average molecular weight is 301 g/mol. The lowest BCUT2D eigenvalue weighted by Crippen LogP contribution is -2.39. The third-order valence-electron chi connectivity index (χ3n) is 2.08. The van der Waals surface area contributed by atoms with E-state index in [2.05, 4.69) is 0 Å². The Hall–Kier alpha value is -1.14. The molecule has 0 spiro atoms. The van der Waals surface area contributed by atoms with Crippen LogP contribution in [0.3, 0.4) is 0 Å². The normalized spacial score (nSPS) is 13.2. The molecule has 0 aliphatic heterocycles. The lowest BCUT2D eigenvalue weighted by atomic mass is 10.1. The molecule has 1 unspecified atom stereocenters. The Bertz CT molecular complexity index is 431. The summed E-state index contributed by atoms with van der Waals surface area (Å²) in [5, 5.41) is 7.07. The van der Waals surface area contributed by atoms with Crippen molar-refractivity contribution in [2.45, 2.75) is 6.18 Å². The number of nitrogens with two attached hydrogens (primary N) is 1. The highest BCUT2D eigenvalue weighted by molar-refractivity contribution is 6.37. The van der Waals surface area contributed by atoms with Gasteiger partial charge in [0, 0.05) is 0 Å². The fraction of sp³-hybridized carbons (Fsp3) is 0.300. The number of ether oxygens (including phenoxy) is 1. The zero-order valence-corrected chi connectivity index (χ0v) is 10.4. The Morgan fingerprint density at radius 2 is 1.83 bits per heavy atom. The van der Waals surface area contributed by atoms with Gasteiger partial charge in [-0.25, -0.2) is 0 Å². The van der Waals surface area contributed by atoms with E-state index in [1.54, 1.807) is 0 Å². The summed E-state index contributed by atoms with van der Waals surface area (Å²) in [7, 11) is 0. The topological polar surface area (TPSA) is 59.1 Å². The molecule has 0 saturated carbocycles. The van der Waals surface area contributed by atoms with E-state index in [4.69, 9.17) is 39.1 Å². The molecule has 3 nitrogen and oxygen atoms in total. The monoisotopic (exact) mass is 300 g/mol. The molecule has 0 bridgehead atoms. The van der Waals surface area contributed by atoms with E-state index in [0.29, 0.717) is 0 Å². The Morgan fingerprint density at radius 3 is 2.22 bits per heavy atom. The smallest absolute Gasteiger partial charge is 0.401 e. The number of hydrogen-bond acceptors (Lipinski definition) is 2. The van der Waals surface area contributed by atoms with Gasteiger partial charge < -0.3 is 10.5 Å². The van der Waals surface area contributed by atoms with Crippen LogP contribution in [-0.2, 0) is 0 Å². The Labute approximate surface area is 111 Å². The van der Waals surface area contributed by atoms with Gasteiger partial charge in [0.1, 0.15) is 18.4 Å². The number of alkyl halides is 3. The average Bonchev–Trinajstić information content (AvgIpc) is 2.19. The molecule has 1 rings (SSSR count). The highest BCUT2D eigenvalue weighted by Gasteiger charge is 2.42. The first-order valence-corrected chi connectivity index (χ1v) is 5.46. The molecule has 0 heterocycles. The Balaban J connectivity index is 2.83. The maximum atomic E-state index is 12.5. The fourth-order valence-electron chi connectivity index (χ4n) is 1.15. The highest BCUT2D eigenvalue weighted by atomic mass is 35.5. The quantitative estimate of drug-likeness (QED) is 0.660. The van der Waals surface area contributed by atoms with Crippen molar-refractivity contribution in [2.75, 3.05) is 6.61 Å². The first-order valence-electron chi connectivity index (χ1n) is 4.71. The van der Waals surface area contributed by atoms with Crippen LogP contribution in [0.4, 0.5) is 13.2 Å². The molecule has 0 aromatic heterocycles. The highest BCUT2D eigenvalue weighted by Crippen LogP contribution is 2.34. The number of hydrogen-bond donors (Lipinski definition) is 2. The number of amidine groups is 1. The molecule has 0 amide bonds. The van der Waals surface area contributed by atoms with Crippen LogP contribution >= 0.6 is 23.2 Å². The molecule has 3 N–H and O–H groups in total. The Morgan fingerprint density at radius 1 is 1.33 bits per heavy atom. The van der Waals surface area contributed by atoms with Crippen LogP contribution in [0.1, 0.15) is 0 Å². The van der Waals surface area contributed by atoms with Crippen LogP contribution < -0.4 is 10.5 Å². The summed E-state index contributed by atoms with van der Waals surface area (Å²) in [6, 6.07) is 4.39. The van der Waals surface area contributed by atoms with E-state index in [-0.39, 0.29) is 15.8 Å². The van der Waals surface area contributed by atoms with Crippen molar-refractivity contribution >= 4 is 29.0 Å². The van der Waals surface area contributed by atoms with Gasteiger partial charge in [0.15, 0.2) is 5.75 Å². The number of rotatable bonds is 4. The maximum absolute atomic E-state index is 12.5. The van der Waals surface area contributed by atoms with E-state index in [0.717, 1.165) is 0 Å². The maximum Gasteiger partial charge on any atom is 0.401 e. The van der Waals surface area contributed by atoms with E-state index < -0.39 is 24.5 Å². The van der Waals surface area contributed by atoms with Gasteiger partial charge in [-0.15, -0.1) is 0 Å². The van der Waals surface area contributed by atoms with Crippen LogP contribution in [0, 0.1) is 11.3 Å². The minimum Gasteiger partial charge on any atom is -0.489 e. The summed E-state index contributed by atoms with van der Waals surface area (Å²) >= 11 is 11.5. The molecule has 18 heavy (non-hydrogen) atoms. The van der Waals surface area contributed by atoms with Gasteiger partial charge in [0.05, 0.1) is 10.0 Å². The number of nitrogens with one attached hydrogen (secondary N) is 1. The molecular weight excluding hydrogens is 292 g/mol. The van der Waals surface area contributed by atoms with Gasteiger partial charge in [-0.3, -0.25) is 5.41 Å². The first kappa shape index (κ1) is 14.9. The van der Waals surface area contributed by atoms with Crippen LogP contribution in [0.15, 0.2) is 18.2 Å². The molecule has 1 aromatic rings. The Kier molecular flexibility index (Phi) is 4.70. The lowest BCUT2D eigenvalue weighted by molar-refractivity contribution is -0.162. The van der Waals surface area contributed by atoms with Gasteiger partial charge in [-0.2, -0.15) is 13.2 Å². The SMILES string of the molecule is N=C(N)C(COc1c(Cl)cccc1Cl)C(F)(F)F. The van der Waals surface area contributed by atoms with Crippen molar-refractivity contribution in [1.82, 2.24) is 0 Å². The summed E-state index contributed by atoms with van der Waals surface area (Å²) in [6.45, 7) is -0.845. The van der Waals surface area contributed by atoms with Gasteiger partial charge in [-0.05, 0) is 12.1 Å². The van der Waals surface area contributed by atoms with E-state index in [1.807, 2.05) is 0 Å². The zero-order valence-electron chi connectivity index (χ0n) is 8.89. The molecule has 0 fully saturated rings. The summed E-state index contributed by atoms with van der Waals surface area (Å²) in [5.74, 6) is -3.27. The van der Waals surface area contributed by atoms with Crippen LogP contribution in [0.2, 0.25) is 10.0 Å². The van der Waals surface area contributed by atoms with Crippen molar-refractivity contribution in [3.63, 3.8) is 0 Å². The van der Waals surface area contributed by atoms with Gasteiger partial charge in [0.25, 0.3) is 0 Å². The zero-order chi connectivity index (χ0) is 13.9. The predicted octanol–water partition coefficient (Wildman–Crippen LogP) is 3.49. The second kappa shape index (κ2) is 5.67. The van der Waals surface area contributed by atoms with Crippen LogP contribution in [-0.4, -0.2) is 18.6 Å². The van der Waals surface area contributed by atoms with Crippen molar-refractivity contribution in [3.8, 4) is 5.75 Å². The molecule has 0 aliphatic rings. The van der Waals surface area contributed by atoms with Crippen molar-refractivity contribution in [1.29, 1.82) is 5.41 Å². The minimum atomic E-state index is -4.65. The molecule has 0 radical (unpaired) electrons. The van der Waals surface area contributed by atoms with E-state index in [1.165, 1.54) is 18.2 Å². The second-order valence-corrected chi connectivity index (χ2v) is 4.23. The van der Waals surface area contributed by atoms with Crippen LogP contribution in [0.5, 0.6) is 5.75 Å². The summed E-state index contributed by atoms with van der Waals surface area (Å²) < 4.78 is 42.4. The summed E-state index contributed by atoms with van der Waals surface area (Å²) in [4.78, 5) is 0. The summed E-state index contributed by atoms with van der Waals surface area (Å²) in [6.07, 6.45) is -4.65. The van der Waals surface area contributed by atoms with Gasteiger partial charge >= 0.3 is 6.18 Å². The molecule has 0 saturated heterocycles. The first-order chi connectivity index (χ1) is 8.23. The predicted molar refractivity (Wildman–Crippen MR) is 63.4 cm³/mol. The third-order valence-corrected chi connectivity index (χ3v) is 2.68. The van der Waals surface area contributed by atoms with Gasteiger partial charge in [0.2, 0.25) is 0 Å². The van der Waals surface area contributed by atoms with Crippen LogP contribution in [0.25, 0.3) is 0 Å². The second-order valence-electron chi connectivity index (χ2n) is 3.41. The largest absolute Gasteiger partial charge is 0.489 e. The number of benzene rings is 1.